The van der Waals surface area contributed by atoms with E-state index in [1.807, 2.05) is 0 Å². The molecule has 0 saturated carbocycles. The average molecular weight is 299 g/mol. The van der Waals surface area contributed by atoms with E-state index in [1.165, 1.54) is 21.6 Å². The minimum atomic E-state index is 0.801. The van der Waals surface area contributed by atoms with Gasteiger partial charge in [0.25, 0.3) is 0 Å². The zero-order valence-corrected chi connectivity index (χ0v) is 12.7. The molecule has 2 aromatic heterocycles. The fraction of sp³-hybridized carbons (Fsp3) is 0.188. The van der Waals surface area contributed by atoms with Crippen LogP contribution in [0.25, 0.3) is 21.1 Å². The lowest BCUT2D eigenvalue weighted by atomic mass is 10.1. The van der Waals surface area contributed by atoms with Gasteiger partial charge in [-0.3, -0.25) is 0 Å². The van der Waals surface area contributed by atoms with Crippen molar-refractivity contribution >= 4 is 22.7 Å². The van der Waals surface area contributed by atoms with Gasteiger partial charge in [-0.05, 0) is 47.7 Å². The van der Waals surface area contributed by atoms with Crippen LogP contribution in [0.4, 0.5) is 0 Å². The van der Waals surface area contributed by atoms with Crippen LogP contribution in [-0.4, -0.2) is 11.6 Å². The molecule has 0 N–H and O–H groups in total. The lowest BCUT2D eigenvalue weighted by Crippen LogP contribution is -1.85. The van der Waals surface area contributed by atoms with E-state index in [0.29, 0.717) is 0 Å². The van der Waals surface area contributed by atoms with Crippen molar-refractivity contribution < 1.29 is 4.74 Å². The largest absolute Gasteiger partial charge is 0.493 e. The number of thiophene rings is 1. The summed E-state index contributed by atoms with van der Waals surface area (Å²) in [6.45, 7) is 2.94. The lowest BCUT2D eigenvalue weighted by Gasteiger charge is -2.01. The minimum absolute atomic E-state index is 0.801. The summed E-state index contributed by atoms with van der Waals surface area (Å²) in [6.07, 6.45) is 1.00. The van der Waals surface area contributed by atoms with E-state index in [1.54, 1.807) is 22.7 Å². The molecular formula is C16H13NOS2. The van der Waals surface area contributed by atoms with Crippen molar-refractivity contribution in [3.05, 3.63) is 46.2 Å². The number of fused-ring (bicyclic) bond motifs is 1. The highest BCUT2D eigenvalue weighted by molar-refractivity contribution is 7.20. The van der Waals surface area contributed by atoms with Crippen molar-refractivity contribution in [3.8, 4) is 26.9 Å². The Morgan fingerprint density at radius 3 is 3.00 bits per heavy atom. The molecule has 1 aliphatic rings. The van der Waals surface area contributed by atoms with Gasteiger partial charge < -0.3 is 4.74 Å². The first-order chi connectivity index (χ1) is 9.81. The van der Waals surface area contributed by atoms with E-state index in [9.17, 15) is 0 Å². The van der Waals surface area contributed by atoms with Crippen LogP contribution in [0, 0.1) is 6.92 Å². The summed E-state index contributed by atoms with van der Waals surface area (Å²) in [5.41, 5.74) is 4.85. The molecular weight excluding hydrogens is 286 g/mol. The Morgan fingerprint density at radius 1 is 1.20 bits per heavy atom. The first-order valence-corrected chi connectivity index (χ1v) is 8.33. The zero-order chi connectivity index (χ0) is 13.5. The number of thiazole rings is 1. The Morgan fingerprint density at radius 2 is 2.15 bits per heavy atom. The predicted octanol–water partition coefficient (Wildman–Crippen LogP) is 4.78. The van der Waals surface area contributed by atoms with Crippen molar-refractivity contribution in [2.75, 3.05) is 6.61 Å². The van der Waals surface area contributed by atoms with Crippen LogP contribution in [0.2, 0.25) is 0 Å². The Kier molecular flexibility index (Phi) is 2.86. The maximum Gasteiger partial charge on any atom is 0.134 e. The number of aromatic nitrogens is 1. The number of nitrogens with zero attached hydrogens (tertiary/aromatic N) is 1. The third-order valence-electron chi connectivity index (χ3n) is 3.55. The van der Waals surface area contributed by atoms with Crippen molar-refractivity contribution in [1.29, 1.82) is 0 Å². The summed E-state index contributed by atoms with van der Waals surface area (Å²) in [7, 11) is 0. The summed E-state index contributed by atoms with van der Waals surface area (Å²) < 4.78 is 5.55. The molecule has 4 rings (SSSR count). The molecule has 1 aromatic carbocycles. The molecule has 0 spiro atoms. The first kappa shape index (κ1) is 12.1. The Bertz CT molecular complexity index is 772. The van der Waals surface area contributed by atoms with Crippen molar-refractivity contribution in [3.63, 3.8) is 0 Å². The normalized spacial score (nSPS) is 13.2. The number of aryl methyl sites for hydroxylation is 1. The molecule has 0 amide bonds. The molecule has 3 aromatic rings. The maximum atomic E-state index is 5.55. The number of hydrogen-bond donors (Lipinski definition) is 0. The standard InChI is InChI=1S/C16H13NOS2/c1-10-5-7-19-15(10)16-17-13(9-20-16)11-2-3-14-12(8-11)4-6-18-14/h2-3,5,7-9H,4,6H2,1H3. The SMILES string of the molecule is Cc1ccsc1-c1nc(-c2ccc3c(c2)CCO3)cs1. The van der Waals surface area contributed by atoms with E-state index >= 15 is 0 Å². The molecule has 0 unspecified atom stereocenters. The lowest BCUT2D eigenvalue weighted by molar-refractivity contribution is 0.357. The second kappa shape index (κ2) is 4.72. The summed E-state index contributed by atoms with van der Waals surface area (Å²) in [4.78, 5) is 6.08. The Labute approximate surface area is 125 Å². The maximum absolute atomic E-state index is 5.55. The summed E-state index contributed by atoms with van der Waals surface area (Å²) in [5, 5.41) is 5.38. The summed E-state index contributed by atoms with van der Waals surface area (Å²) in [5.74, 6) is 1.03. The highest BCUT2D eigenvalue weighted by atomic mass is 32.1. The molecule has 0 saturated heterocycles. The Balaban J connectivity index is 1.73. The molecule has 0 bridgehead atoms. The number of benzene rings is 1. The van der Waals surface area contributed by atoms with Gasteiger partial charge in [-0.25, -0.2) is 4.98 Å². The molecule has 20 heavy (non-hydrogen) atoms. The van der Waals surface area contributed by atoms with Crippen LogP contribution in [-0.2, 0) is 6.42 Å². The van der Waals surface area contributed by atoms with Crippen LogP contribution in [0.5, 0.6) is 5.75 Å². The molecule has 4 heteroatoms. The van der Waals surface area contributed by atoms with Gasteiger partial charge in [0.15, 0.2) is 0 Å². The molecule has 100 valence electrons. The number of ether oxygens (including phenoxy) is 1. The van der Waals surface area contributed by atoms with E-state index in [0.717, 1.165) is 29.5 Å². The molecule has 0 atom stereocenters. The van der Waals surface area contributed by atoms with E-state index in [4.69, 9.17) is 9.72 Å². The number of rotatable bonds is 2. The number of hydrogen-bond acceptors (Lipinski definition) is 4. The molecule has 2 nitrogen and oxygen atoms in total. The van der Waals surface area contributed by atoms with E-state index in [2.05, 4.69) is 41.9 Å². The van der Waals surface area contributed by atoms with Crippen LogP contribution >= 0.6 is 22.7 Å². The van der Waals surface area contributed by atoms with Gasteiger partial charge in [0.2, 0.25) is 0 Å². The van der Waals surface area contributed by atoms with E-state index in [-0.39, 0.29) is 0 Å². The van der Waals surface area contributed by atoms with Gasteiger partial charge in [0, 0.05) is 17.4 Å². The van der Waals surface area contributed by atoms with Gasteiger partial charge in [-0.1, -0.05) is 0 Å². The quantitative estimate of drug-likeness (QED) is 0.679. The third-order valence-corrected chi connectivity index (χ3v) is 5.56. The zero-order valence-electron chi connectivity index (χ0n) is 11.1. The molecule has 1 aliphatic heterocycles. The summed E-state index contributed by atoms with van der Waals surface area (Å²) >= 11 is 3.48. The summed E-state index contributed by atoms with van der Waals surface area (Å²) in [6, 6.07) is 8.52. The smallest absolute Gasteiger partial charge is 0.134 e. The van der Waals surface area contributed by atoms with Crippen molar-refractivity contribution in [2.45, 2.75) is 13.3 Å². The monoisotopic (exact) mass is 299 g/mol. The predicted molar refractivity (Wildman–Crippen MR) is 84.8 cm³/mol. The first-order valence-electron chi connectivity index (χ1n) is 6.57. The van der Waals surface area contributed by atoms with Gasteiger partial charge in [-0.15, -0.1) is 22.7 Å². The fourth-order valence-corrected chi connectivity index (χ4v) is 4.38. The van der Waals surface area contributed by atoms with Crippen molar-refractivity contribution in [2.24, 2.45) is 0 Å². The van der Waals surface area contributed by atoms with Gasteiger partial charge in [-0.2, -0.15) is 0 Å². The average Bonchev–Trinajstić information content (AvgIpc) is 3.17. The fourth-order valence-electron chi connectivity index (χ4n) is 2.45. The molecule has 0 radical (unpaired) electrons. The Hall–Kier alpha value is -1.65. The van der Waals surface area contributed by atoms with E-state index < -0.39 is 0 Å². The molecule has 0 fully saturated rings. The second-order valence-electron chi connectivity index (χ2n) is 4.89. The minimum Gasteiger partial charge on any atom is -0.493 e. The topological polar surface area (TPSA) is 22.1 Å². The van der Waals surface area contributed by atoms with Gasteiger partial charge in [0.1, 0.15) is 10.8 Å². The highest BCUT2D eigenvalue weighted by Gasteiger charge is 2.15. The van der Waals surface area contributed by atoms with Crippen LogP contribution in [0.1, 0.15) is 11.1 Å². The van der Waals surface area contributed by atoms with Gasteiger partial charge in [0.05, 0.1) is 17.2 Å². The van der Waals surface area contributed by atoms with Crippen LogP contribution < -0.4 is 4.74 Å². The third kappa shape index (κ3) is 1.96. The van der Waals surface area contributed by atoms with Crippen LogP contribution in [0.3, 0.4) is 0 Å². The highest BCUT2D eigenvalue weighted by Crippen LogP contribution is 2.35. The van der Waals surface area contributed by atoms with Crippen molar-refractivity contribution in [1.82, 2.24) is 4.98 Å². The molecule has 0 aliphatic carbocycles. The molecule has 3 heterocycles. The van der Waals surface area contributed by atoms with Gasteiger partial charge >= 0.3 is 0 Å². The van der Waals surface area contributed by atoms with Crippen LogP contribution in [0.15, 0.2) is 35.0 Å². The second-order valence-corrected chi connectivity index (χ2v) is 6.67.